The van der Waals surface area contributed by atoms with Crippen LogP contribution in [0.3, 0.4) is 0 Å². The van der Waals surface area contributed by atoms with Crippen LogP contribution >= 0.6 is 0 Å². The monoisotopic (exact) mass is 358 g/mol. The minimum Gasteiger partial charge on any atom is -0.490 e. The molecule has 1 saturated heterocycles. The second kappa shape index (κ2) is 10.5. The highest BCUT2D eigenvalue weighted by molar-refractivity contribution is 6.01. The fourth-order valence-electron chi connectivity index (χ4n) is 2.64. The van der Waals surface area contributed by atoms with Gasteiger partial charge in [-0.1, -0.05) is 13.0 Å². The lowest BCUT2D eigenvalue weighted by molar-refractivity contribution is -0.117. The zero-order valence-electron chi connectivity index (χ0n) is 15.4. The van der Waals surface area contributed by atoms with Crippen molar-refractivity contribution < 1.29 is 19.0 Å². The number of amides is 1. The molecule has 1 aliphatic heterocycles. The molecule has 1 aliphatic rings. The van der Waals surface area contributed by atoms with Crippen molar-refractivity contribution in [1.29, 1.82) is 5.26 Å². The van der Waals surface area contributed by atoms with E-state index in [9.17, 15) is 10.1 Å². The summed E-state index contributed by atoms with van der Waals surface area (Å²) in [6, 6.07) is 7.34. The van der Waals surface area contributed by atoms with Crippen molar-refractivity contribution >= 4 is 12.0 Å². The second-order valence-electron chi connectivity index (χ2n) is 6.00. The van der Waals surface area contributed by atoms with E-state index in [-0.39, 0.29) is 11.7 Å². The highest BCUT2D eigenvalue weighted by Gasteiger charge is 2.17. The maximum atomic E-state index is 12.2. The van der Waals surface area contributed by atoms with Crippen molar-refractivity contribution in [3.05, 3.63) is 29.3 Å². The van der Waals surface area contributed by atoms with E-state index in [0.717, 1.165) is 25.9 Å². The predicted octanol–water partition coefficient (Wildman–Crippen LogP) is 3.08. The van der Waals surface area contributed by atoms with Gasteiger partial charge in [-0.2, -0.15) is 5.26 Å². The predicted molar refractivity (Wildman–Crippen MR) is 99.0 cm³/mol. The average molecular weight is 358 g/mol. The van der Waals surface area contributed by atoms with Gasteiger partial charge >= 0.3 is 0 Å². The van der Waals surface area contributed by atoms with Crippen molar-refractivity contribution in [2.45, 2.75) is 39.2 Å². The van der Waals surface area contributed by atoms with E-state index < -0.39 is 5.91 Å². The lowest BCUT2D eigenvalue weighted by atomic mass is 10.1. The van der Waals surface area contributed by atoms with Crippen molar-refractivity contribution in [2.24, 2.45) is 0 Å². The fraction of sp³-hybridized carbons (Fsp3) is 0.500. The van der Waals surface area contributed by atoms with Crippen molar-refractivity contribution in [3.8, 4) is 17.6 Å². The third kappa shape index (κ3) is 5.78. The van der Waals surface area contributed by atoms with Crippen LogP contribution in [0.2, 0.25) is 0 Å². The number of benzene rings is 1. The van der Waals surface area contributed by atoms with E-state index in [1.807, 2.05) is 19.9 Å². The lowest BCUT2D eigenvalue weighted by Gasteiger charge is -2.12. The van der Waals surface area contributed by atoms with Crippen LogP contribution in [0.1, 0.15) is 38.7 Å². The molecule has 6 heteroatoms. The standard InChI is InChI=1S/C20H26N2O4/c1-3-9-26-18-8-7-15(12-19(18)24-4-2)11-16(13-21)20(23)22-14-17-6-5-10-25-17/h7-8,11-12,17H,3-6,9-10,14H2,1-2H3,(H,22,23)/b16-11+. The van der Waals surface area contributed by atoms with E-state index >= 15 is 0 Å². The molecule has 1 aromatic rings. The number of carbonyl (C=O) groups excluding carboxylic acids is 1. The molecule has 1 heterocycles. The summed E-state index contributed by atoms with van der Waals surface area (Å²) in [5.74, 6) is 0.867. The van der Waals surface area contributed by atoms with E-state index in [2.05, 4.69) is 5.32 Å². The van der Waals surface area contributed by atoms with Crippen LogP contribution in [-0.4, -0.2) is 38.4 Å². The fourth-order valence-corrected chi connectivity index (χ4v) is 2.64. The lowest BCUT2D eigenvalue weighted by Crippen LogP contribution is -2.32. The van der Waals surface area contributed by atoms with Gasteiger partial charge in [0.2, 0.25) is 0 Å². The summed E-state index contributed by atoms with van der Waals surface area (Å²) in [6.45, 7) is 6.18. The van der Waals surface area contributed by atoms with Crippen LogP contribution < -0.4 is 14.8 Å². The van der Waals surface area contributed by atoms with Gasteiger partial charge in [-0.05, 0) is 50.0 Å². The molecule has 0 radical (unpaired) electrons. The number of nitriles is 1. The summed E-state index contributed by atoms with van der Waals surface area (Å²) in [5, 5.41) is 12.1. The zero-order chi connectivity index (χ0) is 18.8. The molecule has 0 spiro atoms. The molecular weight excluding hydrogens is 332 g/mol. The molecule has 26 heavy (non-hydrogen) atoms. The molecule has 1 unspecified atom stereocenters. The zero-order valence-corrected chi connectivity index (χ0v) is 15.4. The quantitative estimate of drug-likeness (QED) is 0.542. The van der Waals surface area contributed by atoms with Crippen molar-refractivity contribution in [3.63, 3.8) is 0 Å². The average Bonchev–Trinajstić information content (AvgIpc) is 3.17. The van der Waals surface area contributed by atoms with Gasteiger partial charge in [0.1, 0.15) is 11.6 Å². The molecule has 6 nitrogen and oxygen atoms in total. The van der Waals surface area contributed by atoms with Gasteiger partial charge in [0.25, 0.3) is 5.91 Å². The molecule has 1 N–H and O–H groups in total. The Morgan fingerprint density at radius 3 is 2.88 bits per heavy atom. The smallest absolute Gasteiger partial charge is 0.262 e. The van der Waals surface area contributed by atoms with Gasteiger partial charge in [-0.15, -0.1) is 0 Å². The van der Waals surface area contributed by atoms with Crippen LogP contribution in [0, 0.1) is 11.3 Å². The summed E-state index contributed by atoms with van der Waals surface area (Å²) >= 11 is 0. The first-order chi connectivity index (χ1) is 12.7. The first kappa shape index (κ1) is 19.8. The van der Waals surface area contributed by atoms with Crippen LogP contribution in [0.4, 0.5) is 0 Å². The second-order valence-corrected chi connectivity index (χ2v) is 6.00. The first-order valence-corrected chi connectivity index (χ1v) is 9.09. The summed E-state index contributed by atoms with van der Waals surface area (Å²) in [5.41, 5.74) is 0.758. The largest absolute Gasteiger partial charge is 0.490 e. The SMILES string of the molecule is CCCOc1ccc(/C=C(\C#N)C(=O)NCC2CCCO2)cc1OCC. The number of hydrogen-bond acceptors (Lipinski definition) is 5. The van der Waals surface area contributed by atoms with E-state index in [1.54, 1.807) is 24.3 Å². The maximum Gasteiger partial charge on any atom is 0.262 e. The molecule has 140 valence electrons. The number of hydrogen-bond donors (Lipinski definition) is 1. The Labute approximate surface area is 154 Å². The van der Waals surface area contributed by atoms with Gasteiger partial charge in [0.15, 0.2) is 11.5 Å². The van der Waals surface area contributed by atoms with E-state index in [1.165, 1.54) is 0 Å². The molecule has 1 amide bonds. The van der Waals surface area contributed by atoms with Crippen LogP contribution in [-0.2, 0) is 9.53 Å². The molecule has 2 rings (SSSR count). The van der Waals surface area contributed by atoms with Gasteiger partial charge in [-0.25, -0.2) is 0 Å². The van der Waals surface area contributed by atoms with Crippen LogP contribution in [0.15, 0.2) is 23.8 Å². The molecule has 0 bridgehead atoms. The number of nitrogens with one attached hydrogen (secondary N) is 1. The van der Waals surface area contributed by atoms with Gasteiger partial charge in [0.05, 0.1) is 19.3 Å². The van der Waals surface area contributed by atoms with Crippen LogP contribution in [0.25, 0.3) is 6.08 Å². The van der Waals surface area contributed by atoms with Crippen LogP contribution in [0.5, 0.6) is 11.5 Å². The normalized spacial score (nSPS) is 16.8. The topological polar surface area (TPSA) is 80.6 Å². The highest BCUT2D eigenvalue weighted by Crippen LogP contribution is 2.29. The summed E-state index contributed by atoms with van der Waals surface area (Å²) < 4.78 is 16.8. The Morgan fingerprint density at radius 1 is 1.38 bits per heavy atom. The minimum absolute atomic E-state index is 0.0402. The molecule has 1 atom stereocenters. The van der Waals surface area contributed by atoms with Gasteiger partial charge in [0, 0.05) is 13.2 Å². The van der Waals surface area contributed by atoms with Gasteiger partial charge < -0.3 is 19.5 Å². The Morgan fingerprint density at radius 2 is 2.23 bits per heavy atom. The summed E-state index contributed by atoms with van der Waals surface area (Å²) in [4.78, 5) is 12.2. The molecule has 0 aromatic heterocycles. The van der Waals surface area contributed by atoms with E-state index in [4.69, 9.17) is 14.2 Å². The van der Waals surface area contributed by atoms with Crippen molar-refractivity contribution in [1.82, 2.24) is 5.32 Å². The molecular formula is C20H26N2O4. The number of carbonyl (C=O) groups is 1. The third-order valence-corrected chi connectivity index (χ3v) is 3.92. The highest BCUT2D eigenvalue weighted by atomic mass is 16.5. The first-order valence-electron chi connectivity index (χ1n) is 9.09. The molecule has 1 aromatic carbocycles. The van der Waals surface area contributed by atoms with Gasteiger partial charge in [-0.3, -0.25) is 4.79 Å². The Balaban J connectivity index is 2.09. The number of rotatable bonds is 9. The Hall–Kier alpha value is -2.52. The summed E-state index contributed by atoms with van der Waals surface area (Å²) in [6.07, 6.45) is 4.43. The Bertz CT molecular complexity index is 673. The molecule has 0 aliphatic carbocycles. The number of ether oxygens (including phenoxy) is 3. The molecule has 0 saturated carbocycles. The van der Waals surface area contributed by atoms with Crippen molar-refractivity contribution in [2.75, 3.05) is 26.4 Å². The third-order valence-electron chi connectivity index (χ3n) is 3.92. The van der Waals surface area contributed by atoms with E-state index in [0.29, 0.717) is 36.8 Å². The molecule has 1 fully saturated rings. The maximum absolute atomic E-state index is 12.2. The minimum atomic E-state index is -0.396. The summed E-state index contributed by atoms with van der Waals surface area (Å²) in [7, 11) is 0. The Kier molecular flexibility index (Phi) is 7.97. The number of nitrogens with zero attached hydrogens (tertiary/aromatic N) is 1.